The van der Waals surface area contributed by atoms with Gasteiger partial charge in [0.25, 0.3) is 0 Å². The van der Waals surface area contributed by atoms with Crippen molar-refractivity contribution in [1.82, 2.24) is 30.3 Å². The number of nitrogens with zero attached hydrogens (tertiary/aromatic N) is 4. The Labute approximate surface area is 229 Å². The SMILES string of the molecule is Cc1cccc(-c2[nH]c(C(C)C)nc2-c2ccc(F)c(-c3ccc(CC(=O)NN4CCN(C)CC4)cc3)c2)n1. The molecule has 0 bridgehead atoms. The van der Waals surface area contributed by atoms with Crippen LogP contribution in [0.3, 0.4) is 0 Å². The number of carbonyl (C=O) groups is 1. The van der Waals surface area contributed by atoms with Crippen LogP contribution in [0.1, 0.15) is 36.8 Å². The van der Waals surface area contributed by atoms with E-state index in [2.05, 4.69) is 36.2 Å². The van der Waals surface area contributed by atoms with Gasteiger partial charge in [0.1, 0.15) is 11.6 Å². The summed E-state index contributed by atoms with van der Waals surface area (Å²) in [6.07, 6.45) is 0.271. The fraction of sp³-hybridized carbons (Fsp3) is 0.323. The van der Waals surface area contributed by atoms with E-state index >= 15 is 4.39 Å². The fourth-order valence-corrected chi connectivity index (χ4v) is 4.76. The first-order valence-corrected chi connectivity index (χ1v) is 13.4. The number of halogens is 1. The van der Waals surface area contributed by atoms with E-state index in [1.54, 1.807) is 6.07 Å². The third kappa shape index (κ3) is 6.24. The van der Waals surface area contributed by atoms with Crippen molar-refractivity contribution in [3.05, 3.63) is 83.6 Å². The molecule has 202 valence electrons. The molecule has 2 N–H and O–H groups in total. The van der Waals surface area contributed by atoms with Gasteiger partial charge >= 0.3 is 0 Å². The number of pyridine rings is 1. The zero-order valence-corrected chi connectivity index (χ0v) is 23.0. The molecule has 1 aliphatic heterocycles. The standard InChI is InChI=1S/C31H35FN6O/c1-20(2)31-34-29(30(35-31)27-7-5-6-21(3)33-27)24-12-13-26(32)25(19-24)23-10-8-22(9-11-23)18-28(39)36-38-16-14-37(4)15-17-38/h5-13,19-20H,14-18H2,1-4H3,(H,34,35)(H,36,39). The summed E-state index contributed by atoms with van der Waals surface area (Å²) in [6, 6.07) is 18.5. The van der Waals surface area contributed by atoms with Gasteiger partial charge in [-0.25, -0.2) is 14.4 Å². The molecule has 2 aromatic carbocycles. The second kappa shape index (κ2) is 11.5. The Morgan fingerprint density at radius 1 is 1.00 bits per heavy atom. The van der Waals surface area contributed by atoms with Crippen LogP contribution < -0.4 is 5.43 Å². The molecule has 4 aromatic rings. The van der Waals surface area contributed by atoms with Crippen molar-refractivity contribution in [1.29, 1.82) is 0 Å². The summed E-state index contributed by atoms with van der Waals surface area (Å²) in [7, 11) is 2.08. The van der Waals surface area contributed by atoms with E-state index in [-0.39, 0.29) is 24.1 Å². The number of hydrogen-bond donors (Lipinski definition) is 2. The number of piperazine rings is 1. The highest BCUT2D eigenvalue weighted by atomic mass is 19.1. The number of carbonyl (C=O) groups excluding carboxylic acids is 1. The fourth-order valence-electron chi connectivity index (χ4n) is 4.76. The number of likely N-dealkylation sites (N-methyl/N-ethyl adjacent to an activating group) is 1. The average Bonchev–Trinajstić information content (AvgIpc) is 3.37. The summed E-state index contributed by atoms with van der Waals surface area (Å²) in [5.41, 5.74) is 9.19. The average molecular weight is 527 g/mol. The van der Waals surface area contributed by atoms with Gasteiger partial charge in [-0.15, -0.1) is 0 Å². The number of aromatic nitrogens is 3. The number of nitrogens with one attached hydrogen (secondary N) is 2. The molecule has 0 unspecified atom stereocenters. The maximum Gasteiger partial charge on any atom is 0.238 e. The molecule has 2 aromatic heterocycles. The maximum atomic E-state index is 15.1. The Hall–Kier alpha value is -3.88. The maximum absolute atomic E-state index is 15.1. The van der Waals surface area contributed by atoms with Crippen molar-refractivity contribution in [2.45, 2.75) is 33.1 Å². The molecule has 3 heterocycles. The minimum atomic E-state index is -0.311. The summed E-state index contributed by atoms with van der Waals surface area (Å²) in [6.45, 7) is 9.61. The molecule has 0 saturated carbocycles. The van der Waals surface area contributed by atoms with Crippen LogP contribution in [0, 0.1) is 12.7 Å². The molecular formula is C31H35FN6O. The zero-order chi connectivity index (χ0) is 27.5. The number of aryl methyl sites for hydroxylation is 1. The molecule has 1 amide bonds. The first kappa shape index (κ1) is 26.7. The first-order chi connectivity index (χ1) is 18.8. The Bertz CT molecular complexity index is 1450. The summed E-state index contributed by atoms with van der Waals surface area (Å²) in [5.74, 6) is 0.697. The first-order valence-electron chi connectivity index (χ1n) is 13.4. The molecule has 0 radical (unpaired) electrons. The van der Waals surface area contributed by atoms with Crippen molar-refractivity contribution in [3.8, 4) is 33.8 Å². The largest absolute Gasteiger partial charge is 0.340 e. The molecule has 1 fully saturated rings. The summed E-state index contributed by atoms with van der Waals surface area (Å²) in [5, 5.41) is 1.97. The van der Waals surface area contributed by atoms with Gasteiger partial charge in [-0.3, -0.25) is 15.2 Å². The minimum Gasteiger partial charge on any atom is -0.340 e. The van der Waals surface area contributed by atoms with Crippen molar-refractivity contribution in [3.63, 3.8) is 0 Å². The van der Waals surface area contributed by atoms with Crippen molar-refractivity contribution in [2.24, 2.45) is 0 Å². The second-order valence-corrected chi connectivity index (χ2v) is 10.6. The van der Waals surface area contributed by atoms with Crippen LogP contribution in [0.5, 0.6) is 0 Å². The van der Waals surface area contributed by atoms with Crippen LogP contribution in [0.2, 0.25) is 0 Å². The van der Waals surface area contributed by atoms with Crippen LogP contribution >= 0.6 is 0 Å². The lowest BCUT2D eigenvalue weighted by molar-refractivity contribution is -0.126. The molecule has 0 atom stereocenters. The molecule has 1 saturated heterocycles. The molecule has 1 aliphatic rings. The summed E-state index contributed by atoms with van der Waals surface area (Å²) in [4.78, 5) is 27.8. The van der Waals surface area contributed by atoms with Gasteiger partial charge in [-0.05, 0) is 55.4 Å². The predicted molar refractivity (Wildman–Crippen MR) is 152 cm³/mol. The third-order valence-corrected chi connectivity index (χ3v) is 7.07. The Kier molecular flexibility index (Phi) is 7.86. The van der Waals surface area contributed by atoms with E-state index in [9.17, 15) is 4.79 Å². The van der Waals surface area contributed by atoms with E-state index in [4.69, 9.17) is 9.97 Å². The third-order valence-electron chi connectivity index (χ3n) is 7.07. The van der Waals surface area contributed by atoms with Gasteiger partial charge in [-0.1, -0.05) is 44.2 Å². The molecule has 7 nitrogen and oxygen atoms in total. The number of imidazole rings is 1. The number of hydrogen-bond acceptors (Lipinski definition) is 5. The molecule has 0 aliphatic carbocycles. The molecule has 0 spiro atoms. The smallest absolute Gasteiger partial charge is 0.238 e. The number of aromatic amines is 1. The molecule has 5 rings (SSSR count). The highest BCUT2D eigenvalue weighted by Crippen LogP contribution is 2.34. The van der Waals surface area contributed by atoms with E-state index in [0.29, 0.717) is 5.56 Å². The topological polar surface area (TPSA) is 77.2 Å². The number of hydrazine groups is 1. The van der Waals surface area contributed by atoms with Crippen molar-refractivity contribution < 1.29 is 9.18 Å². The number of rotatable bonds is 7. The van der Waals surface area contributed by atoms with Gasteiger partial charge in [0.2, 0.25) is 5.91 Å². The Morgan fingerprint density at radius 2 is 1.72 bits per heavy atom. The molecule has 39 heavy (non-hydrogen) atoms. The van der Waals surface area contributed by atoms with Crippen molar-refractivity contribution in [2.75, 3.05) is 33.2 Å². The summed E-state index contributed by atoms with van der Waals surface area (Å²) >= 11 is 0. The quantitative estimate of drug-likeness (QED) is 0.346. The van der Waals surface area contributed by atoms with Gasteiger partial charge in [0.15, 0.2) is 0 Å². The summed E-state index contributed by atoms with van der Waals surface area (Å²) < 4.78 is 15.1. The lowest BCUT2D eigenvalue weighted by Crippen LogP contribution is -2.52. The highest BCUT2D eigenvalue weighted by Gasteiger charge is 2.19. The van der Waals surface area contributed by atoms with E-state index in [1.807, 2.05) is 60.5 Å². The van der Waals surface area contributed by atoms with Gasteiger partial charge in [0, 0.05) is 48.9 Å². The molecule has 8 heteroatoms. The monoisotopic (exact) mass is 526 g/mol. The van der Waals surface area contributed by atoms with E-state index in [0.717, 1.165) is 71.5 Å². The van der Waals surface area contributed by atoms with Crippen LogP contribution in [-0.2, 0) is 11.2 Å². The van der Waals surface area contributed by atoms with Gasteiger partial charge in [0.05, 0.1) is 23.5 Å². The van der Waals surface area contributed by atoms with Crippen LogP contribution in [0.4, 0.5) is 4.39 Å². The normalized spacial score (nSPS) is 14.6. The van der Waals surface area contributed by atoms with E-state index < -0.39 is 0 Å². The Morgan fingerprint density at radius 3 is 2.41 bits per heavy atom. The predicted octanol–water partition coefficient (Wildman–Crippen LogP) is 5.20. The lowest BCUT2D eigenvalue weighted by Gasteiger charge is -2.32. The van der Waals surface area contributed by atoms with Crippen molar-refractivity contribution >= 4 is 5.91 Å². The van der Waals surface area contributed by atoms with Gasteiger partial charge in [-0.2, -0.15) is 0 Å². The van der Waals surface area contributed by atoms with E-state index in [1.165, 1.54) is 6.07 Å². The number of amides is 1. The van der Waals surface area contributed by atoms with Crippen LogP contribution in [0.15, 0.2) is 60.7 Å². The minimum absolute atomic E-state index is 0.0442. The second-order valence-electron chi connectivity index (χ2n) is 10.6. The number of H-pyrrole nitrogens is 1. The lowest BCUT2D eigenvalue weighted by atomic mass is 9.98. The van der Waals surface area contributed by atoms with Gasteiger partial charge < -0.3 is 9.88 Å². The highest BCUT2D eigenvalue weighted by molar-refractivity contribution is 5.81. The molecular weight excluding hydrogens is 491 g/mol. The number of benzene rings is 2. The van der Waals surface area contributed by atoms with Crippen LogP contribution in [0.25, 0.3) is 33.8 Å². The van der Waals surface area contributed by atoms with Crippen LogP contribution in [-0.4, -0.2) is 64.0 Å². The zero-order valence-electron chi connectivity index (χ0n) is 23.0. The Balaban J connectivity index is 1.38.